The third-order valence-electron chi connectivity index (χ3n) is 11.5. The van der Waals surface area contributed by atoms with Gasteiger partial charge in [0.1, 0.15) is 28.3 Å². The van der Waals surface area contributed by atoms with Crippen molar-refractivity contribution in [2.45, 2.75) is 92.6 Å². The number of esters is 1. The number of aromatic nitrogens is 2. The van der Waals surface area contributed by atoms with Crippen molar-refractivity contribution in [3.63, 3.8) is 0 Å². The highest BCUT2D eigenvalue weighted by Crippen LogP contribution is 2.80. The number of carbonyl (C=O) groups is 1. The van der Waals surface area contributed by atoms with Crippen LogP contribution in [0.2, 0.25) is 0 Å². The van der Waals surface area contributed by atoms with Gasteiger partial charge in [-0.15, -0.1) is 0 Å². The molecule has 1 N–H and O–H groups in total. The molecule has 0 unspecified atom stereocenters. The van der Waals surface area contributed by atoms with Crippen molar-refractivity contribution in [3.8, 4) is 11.5 Å². The number of piperazine rings is 1. The minimum absolute atomic E-state index is 0.391. The summed E-state index contributed by atoms with van der Waals surface area (Å²) in [7, 11) is 0. The number of benzene rings is 1. The summed E-state index contributed by atoms with van der Waals surface area (Å²) in [5, 5.41) is 0.955. The number of hydrogen-bond donors (Lipinski definition) is 1. The summed E-state index contributed by atoms with van der Waals surface area (Å²) in [5.41, 5.74) is 6.86. The molecule has 2 bridgehead atoms. The van der Waals surface area contributed by atoms with Gasteiger partial charge in [-0.2, -0.15) is 0 Å². The van der Waals surface area contributed by atoms with Crippen molar-refractivity contribution >= 4 is 22.7 Å². The number of nitrogens with one attached hydrogen (secondary N) is 1. The lowest BCUT2D eigenvalue weighted by Gasteiger charge is -2.75. The lowest BCUT2D eigenvalue weighted by atomic mass is 9.29. The Labute approximate surface area is 274 Å². The largest absolute Gasteiger partial charge is 0.456 e. The second-order valence-electron chi connectivity index (χ2n) is 16.9. The normalized spacial score (nSPS) is 26.2. The quantitative estimate of drug-likeness (QED) is 0.200. The lowest BCUT2D eigenvalue weighted by Crippen LogP contribution is -2.65. The number of aromatic amines is 1. The van der Waals surface area contributed by atoms with Crippen LogP contribution in [0, 0.1) is 22.2 Å². The maximum atomic E-state index is 13.2. The van der Waals surface area contributed by atoms with Gasteiger partial charge in [0.05, 0.1) is 6.20 Å². The summed E-state index contributed by atoms with van der Waals surface area (Å²) in [5.74, 6) is 1.49. The number of ether oxygens (including phenoxy) is 2. The highest BCUT2D eigenvalue weighted by Gasteiger charge is 2.70. The third kappa shape index (κ3) is 5.85. The van der Waals surface area contributed by atoms with Gasteiger partial charge in [0.15, 0.2) is 0 Å². The van der Waals surface area contributed by atoms with Crippen LogP contribution in [-0.4, -0.2) is 59.2 Å². The Balaban J connectivity index is 1.07. The van der Waals surface area contributed by atoms with Crippen molar-refractivity contribution in [1.29, 1.82) is 0 Å². The van der Waals surface area contributed by atoms with Crippen LogP contribution in [0.25, 0.3) is 11.0 Å². The first kappa shape index (κ1) is 31.3. The van der Waals surface area contributed by atoms with E-state index in [1.54, 1.807) is 11.8 Å². The molecule has 0 radical (unpaired) electrons. The van der Waals surface area contributed by atoms with Crippen molar-refractivity contribution in [2.24, 2.45) is 22.2 Å². The molecule has 3 saturated carbocycles. The molecule has 3 aromatic rings. The van der Waals surface area contributed by atoms with E-state index in [0.717, 1.165) is 55.4 Å². The Kier molecular flexibility index (Phi) is 7.58. The average Bonchev–Trinajstić information content (AvgIpc) is 3.40. The Bertz CT molecular complexity index is 1650. The Morgan fingerprint density at radius 3 is 2.48 bits per heavy atom. The summed E-state index contributed by atoms with van der Waals surface area (Å²) < 4.78 is 12.1. The number of pyridine rings is 1. The van der Waals surface area contributed by atoms with Gasteiger partial charge in [0.25, 0.3) is 0 Å². The van der Waals surface area contributed by atoms with Crippen LogP contribution < -0.4 is 9.64 Å². The molecule has 0 amide bonds. The first-order chi connectivity index (χ1) is 21.7. The number of allylic oxidation sites excluding steroid dienone is 1. The molecule has 0 spiro atoms. The maximum Gasteiger partial charge on any atom is 0.342 e. The number of rotatable bonds is 8. The van der Waals surface area contributed by atoms with Crippen LogP contribution in [-0.2, 0) is 4.74 Å². The standard InChI is InChI=1S/C39H52N4O3/c1-26(2)38-23-39(24-38,25-38)32-20-37(6,7)12-10-28(32)22-42-14-16-43(17-15-42)29-8-9-31(35(44)46-36(3,4)5)33(19-29)45-30-18-27-11-13-40-34(27)41-21-30/h8-9,11,13,18-19,21,26H,10,12,14-17,20,22-25H2,1-7H3,(H,40,41). The molecule has 246 valence electrons. The first-order valence-electron chi connectivity index (χ1n) is 17.4. The monoisotopic (exact) mass is 624 g/mol. The summed E-state index contributed by atoms with van der Waals surface area (Å²) in [6.07, 6.45) is 11.7. The molecule has 0 atom stereocenters. The van der Waals surface area contributed by atoms with E-state index in [4.69, 9.17) is 9.47 Å². The SMILES string of the molecule is CC(C)C12CC(C3=C(CN4CCN(c5ccc(C(=O)OC(C)(C)C)c(Oc6cnc7[nH]ccc7c6)c5)CC4)CCC(C)(C)C3)(C1)C2. The van der Waals surface area contributed by atoms with E-state index in [9.17, 15) is 4.79 Å². The molecule has 1 aromatic carbocycles. The summed E-state index contributed by atoms with van der Waals surface area (Å²) in [4.78, 5) is 25.9. The van der Waals surface area contributed by atoms with Crippen LogP contribution in [0.1, 0.15) is 97.3 Å². The van der Waals surface area contributed by atoms with Crippen LogP contribution in [0.5, 0.6) is 11.5 Å². The van der Waals surface area contributed by atoms with Crippen LogP contribution >= 0.6 is 0 Å². The Morgan fingerprint density at radius 2 is 1.78 bits per heavy atom. The van der Waals surface area contributed by atoms with E-state index in [2.05, 4.69) is 47.5 Å². The number of nitrogens with zero attached hydrogens (tertiary/aromatic N) is 3. The van der Waals surface area contributed by atoms with Crippen molar-refractivity contribution in [3.05, 3.63) is 59.4 Å². The van der Waals surface area contributed by atoms with Crippen molar-refractivity contribution < 1.29 is 14.3 Å². The number of fused-ring (bicyclic) bond motifs is 1. The van der Waals surface area contributed by atoms with Gasteiger partial charge in [0, 0.05) is 56.1 Å². The molecular formula is C39H52N4O3. The fourth-order valence-corrected chi connectivity index (χ4v) is 8.70. The Hall–Kier alpha value is -3.32. The minimum Gasteiger partial charge on any atom is -0.456 e. The zero-order valence-electron chi connectivity index (χ0n) is 29.0. The van der Waals surface area contributed by atoms with E-state index >= 15 is 0 Å². The molecule has 3 heterocycles. The fraction of sp³-hybridized carbons (Fsp3) is 0.590. The number of carbonyl (C=O) groups excluding carboxylic acids is 1. The molecule has 7 heteroatoms. The predicted molar refractivity (Wildman–Crippen MR) is 185 cm³/mol. The van der Waals surface area contributed by atoms with Gasteiger partial charge in [0.2, 0.25) is 0 Å². The molecule has 46 heavy (non-hydrogen) atoms. The summed E-state index contributed by atoms with van der Waals surface area (Å²) in [6.45, 7) is 20.5. The van der Waals surface area contributed by atoms with E-state index in [0.29, 0.717) is 33.3 Å². The van der Waals surface area contributed by atoms with E-state index in [-0.39, 0.29) is 0 Å². The van der Waals surface area contributed by atoms with Gasteiger partial charge < -0.3 is 19.4 Å². The number of hydrogen-bond acceptors (Lipinski definition) is 6. The highest BCUT2D eigenvalue weighted by atomic mass is 16.6. The lowest BCUT2D eigenvalue weighted by molar-refractivity contribution is -0.208. The van der Waals surface area contributed by atoms with Gasteiger partial charge in [-0.1, -0.05) is 38.8 Å². The first-order valence-corrected chi connectivity index (χ1v) is 17.4. The molecule has 1 aliphatic heterocycles. The molecular weight excluding hydrogens is 572 g/mol. The molecule has 8 rings (SSSR count). The van der Waals surface area contributed by atoms with E-state index < -0.39 is 11.6 Å². The number of H-pyrrole nitrogens is 1. The minimum atomic E-state index is -0.604. The number of anilines is 1. The van der Waals surface area contributed by atoms with Gasteiger partial charge in [-0.05, 0) is 106 Å². The topological polar surface area (TPSA) is 70.7 Å². The van der Waals surface area contributed by atoms with Crippen LogP contribution in [0.4, 0.5) is 5.69 Å². The maximum absolute atomic E-state index is 13.2. The van der Waals surface area contributed by atoms with Gasteiger partial charge in [-0.25, -0.2) is 9.78 Å². The van der Waals surface area contributed by atoms with Crippen LogP contribution in [0.3, 0.4) is 0 Å². The molecule has 5 aliphatic rings. The fourth-order valence-electron chi connectivity index (χ4n) is 8.70. The zero-order chi connectivity index (χ0) is 32.5. The van der Waals surface area contributed by atoms with Crippen molar-refractivity contribution in [1.82, 2.24) is 14.9 Å². The Morgan fingerprint density at radius 1 is 1.04 bits per heavy atom. The molecule has 2 aromatic heterocycles. The predicted octanol–water partition coefficient (Wildman–Crippen LogP) is 8.77. The highest BCUT2D eigenvalue weighted by molar-refractivity contribution is 5.93. The van der Waals surface area contributed by atoms with Crippen molar-refractivity contribution in [2.75, 3.05) is 37.6 Å². The van der Waals surface area contributed by atoms with Crippen LogP contribution in [0.15, 0.2) is 53.9 Å². The van der Waals surface area contributed by atoms with Gasteiger partial charge >= 0.3 is 5.97 Å². The second-order valence-corrected chi connectivity index (χ2v) is 16.9. The molecule has 7 nitrogen and oxygen atoms in total. The zero-order valence-corrected chi connectivity index (χ0v) is 29.0. The average molecular weight is 625 g/mol. The van der Waals surface area contributed by atoms with E-state index in [1.165, 1.54) is 38.5 Å². The third-order valence-corrected chi connectivity index (χ3v) is 11.5. The van der Waals surface area contributed by atoms with E-state index in [1.807, 2.05) is 62.9 Å². The molecule has 4 fully saturated rings. The van der Waals surface area contributed by atoms with Gasteiger partial charge in [-0.3, -0.25) is 4.90 Å². The second kappa shape index (κ2) is 11.1. The summed E-state index contributed by atoms with van der Waals surface area (Å²) in [6, 6.07) is 9.78. The summed E-state index contributed by atoms with van der Waals surface area (Å²) >= 11 is 0. The molecule has 1 saturated heterocycles. The smallest absolute Gasteiger partial charge is 0.342 e. The molecule has 4 aliphatic carbocycles.